The Labute approximate surface area is 93.3 Å². The highest BCUT2D eigenvalue weighted by Crippen LogP contribution is 2.14. The molecule has 0 fully saturated rings. The maximum atomic E-state index is 11.5. The molecule has 0 radical (unpaired) electrons. The summed E-state index contributed by atoms with van der Waals surface area (Å²) in [4.78, 5) is 22.1. The van der Waals surface area contributed by atoms with Gasteiger partial charge >= 0.3 is 5.97 Å². The summed E-state index contributed by atoms with van der Waals surface area (Å²) < 4.78 is 1.58. The van der Waals surface area contributed by atoms with E-state index in [-0.39, 0.29) is 0 Å². The molecule has 0 saturated carbocycles. The maximum absolute atomic E-state index is 11.5. The topological polar surface area (TPSA) is 84.2 Å². The summed E-state index contributed by atoms with van der Waals surface area (Å²) in [5, 5.41) is 15.4. The van der Waals surface area contributed by atoms with E-state index in [0.29, 0.717) is 12.1 Å². The van der Waals surface area contributed by atoms with Crippen LogP contribution in [0, 0.1) is 5.92 Å². The second-order valence-corrected chi connectivity index (χ2v) is 3.57. The zero-order valence-corrected chi connectivity index (χ0v) is 9.52. The molecule has 1 amide bonds. The molecular weight excluding hydrogens is 210 g/mol. The van der Waals surface area contributed by atoms with Gasteiger partial charge in [-0.3, -0.25) is 14.3 Å². The normalized spacial score (nSPS) is 12.2. The first kappa shape index (κ1) is 12.2. The van der Waals surface area contributed by atoms with Gasteiger partial charge in [0.1, 0.15) is 5.92 Å². The van der Waals surface area contributed by atoms with E-state index in [0.717, 1.165) is 5.69 Å². The van der Waals surface area contributed by atoms with Gasteiger partial charge in [-0.25, -0.2) is 0 Å². The minimum absolute atomic E-state index is 0.532. The molecule has 0 aliphatic rings. The van der Waals surface area contributed by atoms with Crippen LogP contribution in [0.4, 0.5) is 5.69 Å². The van der Waals surface area contributed by atoms with Crippen molar-refractivity contribution in [2.75, 3.05) is 5.32 Å². The fraction of sp³-hybridized carbons (Fsp3) is 0.500. The maximum Gasteiger partial charge on any atom is 0.315 e. The number of hydrogen-bond acceptors (Lipinski definition) is 3. The van der Waals surface area contributed by atoms with E-state index in [4.69, 9.17) is 5.11 Å². The number of hydrogen-bond donors (Lipinski definition) is 2. The second kappa shape index (κ2) is 4.78. The Morgan fingerprint density at radius 3 is 2.75 bits per heavy atom. The van der Waals surface area contributed by atoms with Crippen molar-refractivity contribution in [2.24, 2.45) is 13.0 Å². The lowest BCUT2D eigenvalue weighted by atomic mass is 10.1. The molecule has 16 heavy (non-hydrogen) atoms. The standard InChI is InChI=1S/C10H15N3O3/c1-4-7-8(5-13(3)12-7)11-9(14)6(2)10(15)16/h5-6H,4H2,1-3H3,(H,11,14)(H,15,16). The molecule has 6 heteroatoms. The number of aryl methyl sites for hydroxylation is 2. The van der Waals surface area contributed by atoms with Gasteiger partial charge in [0.25, 0.3) is 0 Å². The third kappa shape index (κ3) is 2.59. The number of rotatable bonds is 4. The Kier molecular flexibility index (Phi) is 3.65. The predicted octanol–water partition coefficient (Wildman–Crippen LogP) is 0.642. The molecule has 1 aromatic rings. The number of carbonyl (C=O) groups excluding carboxylic acids is 1. The molecule has 0 aliphatic carbocycles. The Morgan fingerprint density at radius 1 is 1.62 bits per heavy atom. The Balaban J connectivity index is 2.80. The van der Waals surface area contributed by atoms with Crippen molar-refractivity contribution in [3.8, 4) is 0 Å². The summed E-state index contributed by atoms with van der Waals surface area (Å²) >= 11 is 0. The second-order valence-electron chi connectivity index (χ2n) is 3.57. The average molecular weight is 225 g/mol. The number of carboxylic acid groups (broad SMARTS) is 1. The Hall–Kier alpha value is -1.85. The van der Waals surface area contributed by atoms with E-state index < -0.39 is 17.8 Å². The SMILES string of the molecule is CCc1nn(C)cc1NC(=O)C(C)C(=O)O. The number of anilines is 1. The minimum Gasteiger partial charge on any atom is -0.481 e. The molecule has 1 unspecified atom stereocenters. The van der Waals surface area contributed by atoms with Gasteiger partial charge < -0.3 is 10.4 Å². The number of nitrogens with one attached hydrogen (secondary N) is 1. The molecule has 1 rings (SSSR count). The van der Waals surface area contributed by atoms with Gasteiger partial charge in [0.05, 0.1) is 11.4 Å². The van der Waals surface area contributed by atoms with Gasteiger partial charge in [-0.1, -0.05) is 6.92 Å². The molecular formula is C10H15N3O3. The van der Waals surface area contributed by atoms with Crippen LogP contribution < -0.4 is 5.32 Å². The zero-order chi connectivity index (χ0) is 12.3. The third-order valence-corrected chi connectivity index (χ3v) is 2.26. The van der Waals surface area contributed by atoms with E-state index in [1.807, 2.05) is 6.92 Å². The number of amides is 1. The van der Waals surface area contributed by atoms with E-state index in [9.17, 15) is 9.59 Å². The van der Waals surface area contributed by atoms with Crippen molar-refractivity contribution >= 4 is 17.6 Å². The van der Waals surface area contributed by atoms with Gasteiger partial charge in [0.2, 0.25) is 5.91 Å². The number of nitrogens with zero attached hydrogens (tertiary/aromatic N) is 2. The predicted molar refractivity (Wildman–Crippen MR) is 58.0 cm³/mol. The van der Waals surface area contributed by atoms with Crippen molar-refractivity contribution in [3.05, 3.63) is 11.9 Å². The van der Waals surface area contributed by atoms with Crippen LogP contribution in [-0.4, -0.2) is 26.8 Å². The molecule has 6 nitrogen and oxygen atoms in total. The average Bonchev–Trinajstić information content (AvgIpc) is 2.57. The molecule has 88 valence electrons. The smallest absolute Gasteiger partial charge is 0.315 e. The van der Waals surface area contributed by atoms with Crippen LogP contribution in [-0.2, 0) is 23.1 Å². The summed E-state index contributed by atoms with van der Waals surface area (Å²) in [5.74, 6) is -2.74. The lowest BCUT2D eigenvalue weighted by Crippen LogP contribution is -2.27. The van der Waals surface area contributed by atoms with Crippen LogP contribution >= 0.6 is 0 Å². The van der Waals surface area contributed by atoms with Crippen molar-refractivity contribution in [1.29, 1.82) is 0 Å². The molecule has 0 aliphatic heterocycles. The highest BCUT2D eigenvalue weighted by atomic mass is 16.4. The van der Waals surface area contributed by atoms with Crippen molar-refractivity contribution in [1.82, 2.24) is 9.78 Å². The lowest BCUT2D eigenvalue weighted by Gasteiger charge is -2.07. The molecule has 0 bridgehead atoms. The summed E-state index contributed by atoms with van der Waals surface area (Å²) in [7, 11) is 1.75. The Bertz CT molecular complexity index is 411. The molecule has 0 spiro atoms. The van der Waals surface area contributed by atoms with E-state index in [1.165, 1.54) is 6.92 Å². The lowest BCUT2D eigenvalue weighted by molar-refractivity contribution is -0.144. The molecule has 1 aromatic heterocycles. The van der Waals surface area contributed by atoms with Gasteiger partial charge in [0.15, 0.2) is 0 Å². The number of aromatic nitrogens is 2. The number of aliphatic carboxylic acids is 1. The fourth-order valence-corrected chi connectivity index (χ4v) is 1.25. The molecule has 2 N–H and O–H groups in total. The highest BCUT2D eigenvalue weighted by molar-refractivity contribution is 6.04. The quantitative estimate of drug-likeness (QED) is 0.736. The van der Waals surface area contributed by atoms with Crippen LogP contribution in [0.25, 0.3) is 0 Å². The van der Waals surface area contributed by atoms with Crippen LogP contribution in [0.3, 0.4) is 0 Å². The summed E-state index contributed by atoms with van der Waals surface area (Å²) in [6.45, 7) is 3.26. The zero-order valence-electron chi connectivity index (χ0n) is 9.52. The monoisotopic (exact) mass is 225 g/mol. The van der Waals surface area contributed by atoms with Crippen molar-refractivity contribution < 1.29 is 14.7 Å². The first-order valence-corrected chi connectivity index (χ1v) is 5.01. The summed E-state index contributed by atoms with van der Waals surface area (Å²) in [5.41, 5.74) is 1.32. The van der Waals surface area contributed by atoms with Crippen LogP contribution in [0.2, 0.25) is 0 Å². The first-order valence-electron chi connectivity index (χ1n) is 5.01. The van der Waals surface area contributed by atoms with E-state index >= 15 is 0 Å². The molecule has 1 heterocycles. The highest BCUT2D eigenvalue weighted by Gasteiger charge is 2.21. The van der Waals surface area contributed by atoms with E-state index in [2.05, 4.69) is 10.4 Å². The number of carboxylic acids is 1. The Morgan fingerprint density at radius 2 is 2.25 bits per heavy atom. The largest absolute Gasteiger partial charge is 0.481 e. The molecule has 0 aromatic carbocycles. The first-order chi connectivity index (χ1) is 7.45. The van der Waals surface area contributed by atoms with E-state index in [1.54, 1.807) is 17.9 Å². The van der Waals surface area contributed by atoms with Gasteiger partial charge in [-0.05, 0) is 13.3 Å². The fourth-order valence-electron chi connectivity index (χ4n) is 1.25. The molecule has 0 saturated heterocycles. The van der Waals surface area contributed by atoms with Crippen LogP contribution in [0.5, 0.6) is 0 Å². The van der Waals surface area contributed by atoms with Gasteiger partial charge in [-0.2, -0.15) is 5.10 Å². The van der Waals surface area contributed by atoms with Crippen LogP contribution in [0.1, 0.15) is 19.5 Å². The van der Waals surface area contributed by atoms with Crippen LogP contribution in [0.15, 0.2) is 6.20 Å². The van der Waals surface area contributed by atoms with Gasteiger partial charge in [-0.15, -0.1) is 0 Å². The summed E-state index contributed by atoms with van der Waals surface area (Å²) in [6, 6.07) is 0. The third-order valence-electron chi connectivity index (χ3n) is 2.26. The molecule has 1 atom stereocenters. The van der Waals surface area contributed by atoms with Gasteiger partial charge in [0, 0.05) is 13.2 Å². The number of carbonyl (C=O) groups is 2. The summed E-state index contributed by atoms with van der Waals surface area (Å²) in [6.07, 6.45) is 2.34. The van der Waals surface area contributed by atoms with Crippen molar-refractivity contribution in [3.63, 3.8) is 0 Å². The minimum atomic E-state index is -1.14. The van der Waals surface area contributed by atoms with Crippen molar-refractivity contribution in [2.45, 2.75) is 20.3 Å².